The van der Waals surface area contributed by atoms with Gasteiger partial charge in [-0.05, 0) is 31.1 Å². The number of hydrogen-bond acceptors (Lipinski definition) is 1. The van der Waals surface area contributed by atoms with Crippen LogP contribution in [0.2, 0.25) is 0 Å². The molecule has 0 aliphatic carbocycles. The fourth-order valence-corrected chi connectivity index (χ4v) is 1.54. The lowest BCUT2D eigenvalue weighted by Crippen LogP contribution is -2.09. The predicted molar refractivity (Wildman–Crippen MR) is 59.1 cm³/mol. The minimum absolute atomic E-state index is 0.152. The third-order valence-electron chi connectivity index (χ3n) is 2.49. The van der Waals surface area contributed by atoms with Gasteiger partial charge in [0.05, 0.1) is 0 Å². The molecule has 0 saturated heterocycles. The van der Waals surface area contributed by atoms with Crippen LogP contribution in [0.5, 0.6) is 0 Å². The molecule has 1 aromatic rings. The minimum Gasteiger partial charge on any atom is -0.294 e. The van der Waals surface area contributed by atoms with E-state index in [0.717, 1.165) is 12.1 Å². The summed E-state index contributed by atoms with van der Waals surface area (Å²) in [5.74, 6) is -1.56. The van der Waals surface area contributed by atoms with Gasteiger partial charge in [-0.1, -0.05) is 19.1 Å². The van der Waals surface area contributed by atoms with Crippen molar-refractivity contribution in [3.63, 3.8) is 0 Å². The molecule has 0 fully saturated rings. The Hall–Kier alpha value is -1.51. The van der Waals surface area contributed by atoms with Crippen molar-refractivity contribution in [2.45, 2.75) is 26.7 Å². The molecule has 0 spiro atoms. The van der Waals surface area contributed by atoms with Crippen molar-refractivity contribution >= 4 is 5.78 Å². The van der Waals surface area contributed by atoms with Gasteiger partial charge >= 0.3 is 0 Å². The summed E-state index contributed by atoms with van der Waals surface area (Å²) in [5.41, 5.74) is 0.447. The van der Waals surface area contributed by atoms with E-state index < -0.39 is 11.6 Å². The van der Waals surface area contributed by atoms with E-state index in [1.165, 1.54) is 6.07 Å². The summed E-state index contributed by atoms with van der Waals surface area (Å²) < 4.78 is 26.5. The van der Waals surface area contributed by atoms with Crippen LogP contribution in [-0.4, -0.2) is 5.78 Å². The largest absolute Gasteiger partial charge is 0.294 e. The molecule has 0 heterocycles. The number of carbonyl (C=O) groups excluding carboxylic acids is 1. The molecule has 1 nitrogen and oxygen atoms in total. The number of Topliss-reactive ketones (excluding diaryl/α,β-unsaturated/α-hetero) is 1. The van der Waals surface area contributed by atoms with Gasteiger partial charge in [0.2, 0.25) is 0 Å². The van der Waals surface area contributed by atoms with E-state index >= 15 is 0 Å². The second-order valence-electron chi connectivity index (χ2n) is 3.47. The molecule has 1 aromatic carbocycles. The monoisotopic (exact) mass is 224 g/mol. The lowest BCUT2D eigenvalue weighted by Gasteiger charge is -2.05. The van der Waals surface area contributed by atoms with Gasteiger partial charge in [0.25, 0.3) is 0 Å². The van der Waals surface area contributed by atoms with Gasteiger partial charge < -0.3 is 0 Å². The third-order valence-corrected chi connectivity index (χ3v) is 2.49. The fourth-order valence-electron chi connectivity index (χ4n) is 1.54. The fraction of sp³-hybridized carbons (Fsp3) is 0.308. The van der Waals surface area contributed by atoms with Crippen LogP contribution < -0.4 is 0 Å². The number of carbonyl (C=O) groups is 1. The van der Waals surface area contributed by atoms with Gasteiger partial charge in [0.15, 0.2) is 5.78 Å². The van der Waals surface area contributed by atoms with Crippen LogP contribution >= 0.6 is 0 Å². The van der Waals surface area contributed by atoms with Crippen LogP contribution in [0.1, 0.15) is 25.8 Å². The van der Waals surface area contributed by atoms with Crippen LogP contribution in [0.3, 0.4) is 0 Å². The van der Waals surface area contributed by atoms with Gasteiger partial charge in [0, 0.05) is 12.0 Å². The Morgan fingerprint density at radius 1 is 1.31 bits per heavy atom. The zero-order chi connectivity index (χ0) is 12.1. The number of halogens is 2. The molecule has 0 radical (unpaired) electrons. The minimum atomic E-state index is -0.667. The highest BCUT2D eigenvalue weighted by Gasteiger charge is 2.14. The zero-order valence-electron chi connectivity index (χ0n) is 9.39. The molecule has 86 valence electrons. The number of hydrogen-bond donors (Lipinski definition) is 0. The molecule has 0 aliphatic rings. The lowest BCUT2D eigenvalue weighted by atomic mass is 10.0. The molecule has 0 bridgehead atoms. The molecule has 0 aliphatic heterocycles. The quantitative estimate of drug-likeness (QED) is 0.716. The second-order valence-corrected chi connectivity index (χ2v) is 3.47. The van der Waals surface area contributed by atoms with Crippen molar-refractivity contribution < 1.29 is 13.6 Å². The van der Waals surface area contributed by atoms with Crippen molar-refractivity contribution in [1.29, 1.82) is 0 Å². The van der Waals surface area contributed by atoms with Crippen molar-refractivity contribution in [1.82, 2.24) is 0 Å². The van der Waals surface area contributed by atoms with Crippen LogP contribution in [0.25, 0.3) is 0 Å². The molecule has 0 unspecified atom stereocenters. The van der Waals surface area contributed by atoms with Crippen LogP contribution in [0.15, 0.2) is 29.8 Å². The Bertz CT molecular complexity index is 402. The summed E-state index contributed by atoms with van der Waals surface area (Å²) in [6.07, 6.45) is 2.04. The van der Waals surface area contributed by atoms with E-state index in [1.807, 2.05) is 6.92 Å². The summed E-state index contributed by atoms with van der Waals surface area (Å²) in [5, 5.41) is 0. The first kappa shape index (κ1) is 12.6. The third kappa shape index (κ3) is 2.75. The number of ketones is 1. The molecular weight excluding hydrogens is 210 g/mol. The van der Waals surface area contributed by atoms with Gasteiger partial charge in [-0.25, -0.2) is 8.78 Å². The summed E-state index contributed by atoms with van der Waals surface area (Å²) in [4.78, 5) is 11.7. The van der Waals surface area contributed by atoms with E-state index in [-0.39, 0.29) is 17.8 Å². The molecule has 0 atom stereocenters. The van der Waals surface area contributed by atoms with E-state index in [1.54, 1.807) is 13.0 Å². The smallest absolute Gasteiger partial charge is 0.163 e. The van der Waals surface area contributed by atoms with Gasteiger partial charge in [0.1, 0.15) is 11.6 Å². The van der Waals surface area contributed by atoms with Gasteiger partial charge in [-0.15, -0.1) is 0 Å². The van der Waals surface area contributed by atoms with E-state index in [9.17, 15) is 13.6 Å². The highest BCUT2D eigenvalue weighted by atomic mass is 19.1. The maximum atomic E-state index is 13.3. The van der Waals surface area contributed by atoms with Crippen LogP contribution in [0, 0.1) is 11.6 Å². The molecule has 0 aromatic heterocycles. The van der Waals surface area contributed by atoms with Crippen LogP contribution in [0.4, 0.5) is 8.78 Å². The average molecular weight is 224 g/mol. The first-order valence-electron chi connectivity index (χ1n) is 5.21. The normalized spacial score (nSPS) is 11.6. The summed E-state index contributed by atoms with van der Waals surface area (Å²) in [6, 6.07) is 3.61. The molecule has 0 amide bonds. The molecule has 3 heteroatoms. The average Bonchev–Trinajstić information content (AvgIpc) is 2.25. The van der Waals surface area contributed by atoms with Gasteiger partial charge in [-0.3, -0.25) is 4.79 Å². The maximum absolute atomic E-state index is 13.3. The molecule has 1 rings (SSSR count). The molecule has 0 saturated carbocycles. The van der Waals surface area contributed by atoms with Crippen molar-refractivity contribution in [2.24, 2.45) is 0 Å². The van der Waals surface area contributed by atoms with E-state index in [2.05, 4.69) is 0 Å². The van der Waals surface area contributed by atoms with Crippen molar-refractivity contribution in [2.75, 3.05) is 0 Å². The lowest BCUT2D eigenvalue weighted by molar-refractivity contribution is -0.115. The number of benzene rings is 1. The molecule has 0 N–H and O–H groups in total. The van der Waals surface area contributed by atoms with Crippen molar-refractivity contribution in [3.05, 3.63) is 47.0 Å². The Morgan fingerprint density at radius 2 is 1.88 bits per heavy atom. The Labute approximate surface area is 93.8 Å². The highest BCUT2D eigenvalue weighted by molar-refractivity contribution is 5.96. The first-order chi connectivity index (χ1) is 7.60. The highest BCUT2D eigenvalue weighted by Crippen LogP contribution is 2.15. The number of rotatable bonds is 4. The Kier molecular flexibility index (Phi) is 4.35. The Morgan fingerprint density at radius 3 is 2.31 bits per heavy atom. The van der Waals surface area contributed by atoms with Crippen LogP contribution in [-0.2, 0) is 11.2 Å². The van der Waals surface area contributed by atoms with E-state index in [4.69, 9.17) is 0 Å². The first-order valence-corrected chi connectivity index (χ1v) is 5.21. The van der Waals surface area contributed by atoms with Gasteiger partial charge in [-0.2, -0.15) is 0 Å². The molecule has 16 heavy (non-hydrogen) atoms. The summed E-state index contributed by atoms with van der Waals surface area (Å²) in [6.45, 7) is 3.58. The number of allylic oxidation sites excluding steroid dienone is 2. The Balaban J connectivity index is 2.93. The summed E-state index contributed by atoms with van der Waals surface area (Å²) >= 11 is 0. The molecular formula is C13H14F2O. The second kappa shape index (κ2) is 5.54. The SMILES string of the molecule is C/C=C(/CC)C(=O)Cc1c(F)cccc1F. The summed E-state index contributed by atoms with van der Waals surface area (Å²) in [7, 11) is 0. The standard InChI is InChI=1S/C13H14F2O/c1-3-9(4-2)13(16)8-10-11(14)6-5-7-12(10)15/h3,5-7H,4,8H2,1-2H3/b9-3-. The zero-order valence-corrected chi connectivity index (χ0v) is 9.39. The topological polar surface area (TPSA) is 17.1 Å². The predicted octanol–water partition coefficient (Wildman–Crippen LogP) is 3.43. The van der Waals surface area contributed by atoms with E-state index in [0.29, 0.717) is 12.0 Å². The maximum Gasteiger partial charge on any atom is 0.163 e. The van der Waals surface area contributed by atoms with Crippen molar-refractivity contribution in [3.8, 4) is 0 Å².